The fourth-order valence-corrected chi connectivity index (χ4v) is 3.82. The van der Waals surface area contributed by atoms with Gasteiger partial charge in [0.15, 0.2) is 0 Å². The van der Waals surface area contributed by atoms with Crippen LogP contribution in [0.2, 0.25) is 0 Å². The van der Waals surface area contributed by atoms with E-state index in [1.807, 2.05) is 0 Å². The van der Waals surface area contributed by atoms with Crippen molar-refractivity contribution in [3.63, 3.8) is 0 Å². The van der Waals surface area contributed by atoms with Crippen molar-refractivity contribution in [2.24, 2.45) is 0 Å². The average molecular weight is 331 g/mol. The van der Waals surface area contributed by atoms with Gasteiger partial charge in [0.2, 0.25) is 27.7 Å². The number of amides is 3. The molecule has 0 aliphatic carbocycles. The van der Waals surface area contributed by atoms with Crippen molar-refractivity contribution in [3.05, 3.63) is 17.5 Å². The molecule has 0 saturated carbocycles. The molecule has 0 spiro atoms. The molecule has 0 atom stereocenters. The highest BCUT2D eigenvalue weighted by atomic mass is 32.2. The van der Waals surface area contributed by atoms with Gasteiger partial charge < -0.3 is 4.90 Å². The lowest BCUT2D eigenvalue weighted by Gasteiger charge is -2.25. The summed E-state index contributed by atoms with van der Waals surface area (Å²) in [6, 6.07) is 3.07. The van der Waals surface area contributed by atoms with Crippen molar-refractivity contribution < 1.29 is 22.8 Å². The number of rotatable bonds is 5. The normalized spacial score (nSPS) is 15.9. The third kappa shape index (κ3) is 4.09. The van der Waals surface area contributed by atoms with Crippen molar-refractivity contribution in [1.82, 2.24) is 14.9 Å². The molecule has 0 bridgehead atoms. The number of nitrogens with zero attached hydrogens (tertiary/aromatic N) is 1. The number of hydrogen-bond donors (Lipinski definition) is 2. The minimum atomic E-state index is -3.61. The highest BCUT2D eigenvalue weighted by molar-refractivity contribution is 7.91. The van der Waals surface area contributed by atoms with E-state index in [9.17, 15) is 22.8 Å². The maximum Gasteiger partial charge on any atom is 0.250 e. The molecule has 2 N–H and O–H groups in total. The topological polar surface area (TPSA) is 113 Å². The van der Waals surface area contributed by atoms with Crippen LogP contribution in [0.1, 0.15) is 6.42 Å². The number of imide groups is 1. The van der Waals surface area contributed by atoms with Crippen LogP contribution < -0.4 is 10.0 Å². The third-order valence-electron chi connectivity index (χ3n) is 2.69. The molecule has 3 amide bonds. The number of hydrogen-bond acceptors (Lipinski definition) is 6. The van der Waals surface area contributed by atoms with Crippen molar-refractivity contribution in [3.8, 4) is 0 Å². The lowest BCUT2D eigenvalue weighted by Crippen LogP contribution is -2.53. The Morgan fingerprint density at radius 2 is 2.00 bits per heavy atom. The lowest BCUT2D eigenvalue weighted by molar-refractivity contribution is -0.145. The summed E-state index contributed by atoms with van der Waals surface area (Å²) in [5, 5.41) is 3.72. The molecule has 1 aliphatic heterocycles. The van der Waals surface area contributed by atoms with Crippen LogP contribution >= 0.6 is 11.3 Å². The molecule has 0 aromatic carbocycles. The zero-order chi connectivity index (χ0) is 15.5. The smallest absolute Gasteiger partial charge is 0.250 e. The van der Waals surface area contributed by atoms with E-state index in [4.69, 9.17) is 0 Å². The van der Waals surface area contributed by atoms with E-state index in [2.05, 4.69) is 10.0 Å². The van der Waals surface area contributed by atoms with Gasteiger partial charge in [-0.1, -0.05) is 6.07 Å². The summed E-state index contributed by atoms with van der Waals surface area (Å²) < 4.78 is 26.1. The van der Waals surface area contributed by atoms with Crippen LogP contribution in [0.15, 0.2) is 21.7 Å². The van der Waals surface area contributed by atoms with Crippen molar-refractivity contribution in [1.29, 1.82) is 0 Å². The Labute approximate surface area is 125 Å². The molecular formula is C11H13N3O5S2. The predicted molar refractivity (Wildman–Crippen MR) is 73.9 cm³/mol. The van der Waals surface area contributed by atoms with Gasteiger partial charge in [-0.2, -0.15) is 0 Å². The molecule has 2 rings (SSSR count). The van der Waals surface area contributed by atoms with E-state index in [0.29, 0.717) is 0 Å². The summed E-state index contributed by atoms with van der Waals surface area (Å²) in [6.07, 6.45) is -0.120. The van der Waals surface area contributed by atoms with Crippen LogP contribution in [0.3, 0.4) is 0 Å². The number of carbonyl (C=O) groups excluding carboxylic acids is 3. The van der Waals surface area contributed by atoms with Crippen molar-refractivity contribution in [2.75, 3.05) is 19.6 Å². The van der Waals surface area contributed by atoms with Crippen LogP contribution in [0, 0.1) is 0 Å². The monoisotopic (exact) mass is 331 g/mol. The Hall–Kier alpha value is -1.78. The van der Waals surface area contributed by atoms with Gasteiger partial charge in [0, 0.05) is 13.0 Å². The standard InChI is InChI=1S/C11H13N3O5S2/c15-8-6-14(7-9(16)13-8)10(17)3-4-12-21(18,19)11-2-1-5-20-11/h1-2,5,12H,3-4,6-7H2,(H,13,15,16). The van der Waals surface area contributed by atoms with Crippen molar-refractivity contribution in [2.45, 2.75) is 10.6 Å². The minimum Gasteiger partial charge on any atom is -0.324 e. The molecule has 10 heteroatoms. The third-order valence-corrected chi connectivity index (χ3v) is 5.55. The first-order valence-electron chi connectivity index (χ1n) is 6.02. The number of carbonyl (C=O) groups is 3. The maximum absolute atomic E-state index is 11.8. The first-order chi connectivity index (χ1) is 9.88. The van der Waals surface area contributed by atoms with E-state index in [-0.39, 0.29) is 30.3 Å². The Bertz CT molecular complexity index is 637. The minimum absolute atomic E-state index is 0.0919. The first kappa shape index (κ1) is 15.6. The summed E-state index contributed by atoms with van der Waals surface area (Å²) in [7, 11) is -3.61. The number of sulfonamides is 1. The Kier molecular flexibility index (Phi) is 4.70. The summed E-state index contributed by atoms with van der Waals surface area (Å²) in [6.45, 7) is -0.476. The van der Waals surface area contributed by atoms with E-state index in [1.54, 1.807) is 11.4 Å². The number of thiophene rings is 1. The quantitative estimate of drug-likeness (QED) is 0.665. The molecule has 1 fully saturated rings. The largest absolute Gasteiger partial charge is 0.324 e. The van der Waals surface area contributed by atoms with Gasteiger partial charge in [-0.15, -0.1) is 11.3 Å². The van der Waals surface area contributed by atoms with Gasteiger partial charge >= 0.3 is 0 Å². The maximum atomic E-state index is 11.8. The summed E-state index contributed by atoms with van der Waals surface area (Å²) in [4.78, 5) is 35.2. The van der Waals surface area contributed by atoms with E-state index >= 15 is 0 Å². The SMILES string of the molecule is O=C1CN(C(=O)CCNS(=O)(=O)c2cccs2)CC(=O)N1. The molecule has 21 heavy (non-hydrogen) atoms. The zero-order valence-corrected chi connectivity index (χ0v) is 12.5. The van der Waals surface area contributed by atoms with E-state index in [1.165, 1.54) is 6.07 Å². The second-order valence-electron chi connectivity index (χ2n) is 4.30. The fraction of sp³-hybridized carbons (Fsp3) is 0.364. The molecule has 114 valence electrons. The molecule has 8 nitrogen and oxygen atoms in total. The molecule has 0 radical (unpaired) electrons. The second-order valence-corrected chi connectivity index (χ2v) is 7.24. The number of nitrogens with one attached hydrogen (secondary N) is 2. The lowest BCUT2D eigenvalue weighted by atomic mass is 10.3. The Morgan fingerprint density at radius 1 is 1.33 bits per heavy atom. The van der Waals surface area contributed by atoms with Crippen LogP contribution in [0.25, 0.3) is 0 Å². The van der Waals surface area contributed by atoms with E-state index < -0.39 is 27.7 Å². The van der Waals surface area contributed by atoms with Crippen LogP contribution in [-0.2, 0) is 24.4 Å². The van der Waals surface area contributed by atoms with Gasteiger partial charge in [-0.05, 0) is 11.4 Å². The van der Waals surface area contributed by atoms with Gasteiger partial charge in [-0.3, -0.25) is 19.7 Å². The highest BCUT2D eigenvalue weighted by Gasteiger charge is 2.26. The molecule has 1 aromatic heterocycles. The van der Waals surface area contributed by atoms with Crippen molar-refractivity contribution >= 4 is 39.1 Å². The van der Waals surface area contributed by atoms with Crippen LogP contribution in [0.5, 0.6) is 0 Å². The van der Waals surface area contributed by atoms with Gasteiger partial charge in [0.25, 0.3) is 0 Å². The molecule has 2 heterocycles. The number of piperazine rings is 1. The molecule has 1 aromatic rings. The molecule has 0 unspecified atom stereocenters. The summed E-state index contributed by atoms with van der Waals surface area (Å²) >= 11 is 1.07. The zero-order valence-electron chi connectivity index (χ0n) is 10.9. The average Bonchev–Trinajstić information content (AvgIpc) is 2.91. The predicted octanol–water partition coefficient (Wildman–Crippen LogP) is -1.10. The molecule has 1 saturated heterocycles. The summed E-state index contributed by atoms with van der Waals surface area (Å²) in [5.41, 5.74) is 0. The molecule has 1 aliphatic rings. The first-order valence-corrected chi connectivity index (χ1v) is 8.38. The Morgan fingerprint density at radius 3 is 2.57 bits per heavy atom. The van der Waals surface area contributed by atoms with Crippen LogP contribution in [-0.4, -0.2) is 50.7 Å². The fourth-order valence-electron chi connectivity index (χ4n) is 1.75. The van der Waals surface area contributed by atoms with Gasteiger partial charge in [0.05, 0.1) is 0 Å². The van der Waals surface area contributed by atoms with Crippen LogP contribution in [0.4, 0.5) is 0 Å². The summed E-state index contributed by atoms with van der Waals surface area (Å²) in [5.74, 6) is -1.54. The Balaban J connectivity index is 1.85. The molecular weight excluding hydrogens is 318 g/mol. The second kappa shape index (κ2) is 6.33. The van der Waals surface area contributed by atoms with Gasteiger partial charge in [-0.25, -0.2) is 13.1 Å². The van der Waals surface area contributed by atoms with Gasteiger partial charge in [0.1, 0.15) is 17.3 Å². The van der Waals surface area contributed by atoms with E-state index in [0.717, 1.165) is 16.2 Å². The highest BCUT2D eigenvalue weighted by Crippen LogP contribution is 2.15.